The molecular weight excluding hydrogens is 426 g/mol. The summed E-state index contributed by atoms with van der Waals surface area (Å²) < 4.78 is 0. The van der Waals surface area contributed by atoms with E-state index in [4.69, 9.17) is 5.73 Å². The van der Waals surface area contributed by atoms with Crippen LogP contribution < -0.4 is 11.1 Å². The van der Waals surface area contributed by atoms with Gasteiger partial charge in [-0.2, -0.15) is 21.9 Å². The molecule has 1 aromatic carbocycles. The third kappa shape index (κ3) is 4.72. The molecule has 156 valence electrons. The summed E-state index contributed by atoms with van der Waals surface area (Å²) in [6, 6.07) is 12.0. The van der Waals surface area contributed by atoms with Gasteiger partial charge in [-0.3, -0.25) is 4.79 Å². The number of pyridine rings is 1. The number of carbonyl (C=O) groups excluding carboxylic acids is 1. The minimum Gasteiger partial charge on any atom is -0.383 e. The number of hydrogen-bond donors (Lipinski definition) is 2. The van der Waals surface area contributed by atoms with Crippen LogP contribution in [-0.4, -0.2) is 16.1 Å². The summed E-state index contributed by atoms with van der Waals surface area (Å²) >= 11 is 2.65. The predicted octanol–water partition coefficient (Wildman–Crippen LogP) is 5.26. The number of aromatic nitrogens is 1. The number of amides is 1. The minimum atomic E-state index is -0.484. The zero-order valence-corrected chi connectivity index (χ0v) is 19.0. The molecule has 0 aliphatic rings. The molecule has 31 heavy (non-hydrogen) atoms. The van der Waals surface area contributed by atoms with E-state index in [1.165, 1.54) is 23.1 Å². The van der Waals surface area contributed by atoms with E-state index in [1.807, 2.05) is 55.8 Å². The maximum absolute atomic E-state index is 13.0. The molecule has 1 unspecified atom stereocenters. The highest BCUT2D eigenvalue weighted by molar-refractivity contribution is 8.00. The SMILES string of the molecule is CCC(Sc1nc(N)c(C#N)c(-c2ccsc2)c1C#N)C(=O)Nc1cc(C)ccc1C. The van der Waals surface area contributed by atoms with Crippen LogP contribution in [-0.2, 0) is 4.79 Å². The van der Waals surface area contributed by atoms with Gasteiger partial charge in [0.1, 0.15) is 28.5 Å². The van der Waals surface area contributed by atoms with Gasteiger partial charge in [0, 0.05) is 11.3 Å². The topological polar surface area (TPSA) is 116 Å². The van der Waals surface area contributed by atoms with Gasteiger partial charge in [0.25, 0.3) is 0 Å². The highest BCUT2D eigenvalue weighted by Crippen LogP contribution is 2.38. The summed E-state index contributed by atoms with van der Waals surface area (Å²) in [7, 11) is 0. The van der Waals surface area contributed by atoms with Crippen molar-refractivity contribution in [3.05, 3.63) is 57.3 Å². The normalized spacial score (nSPS) is 11.4. The lowest BCUT2D eigenvalue weighted by atomic mass is 9.99. The molecule has 6 nitrogen and oxygen atoms in total. The second kappa shape index (κ2) is 9.65. The van der Waals surface area contributed by atoms with Gasteiger partial charge >= 0.3 is 0 Å². The van der Waals surface area contributed by atoms with Crippen molar-refractivity contribution in [1.82, 2.24) is 4.98 Å². The zero-order valence-electron chi connectivity index (χ0n) is 17.4. The van der Waals surface area contributed by atoms with Crippen LogP contribution in [0.3, 0.4) is 0 Å². The fourth-order valence-corrected chi connectivity index (χ4v) is 4.79. The van der Waals surface area contributed by atoms with Crippen LogP contribution in [0.25, 0.3) is 11.1 Å². The first kappa shape index (κ1) is 22.4. The van der Waals surface area contributed by atoms with E-state index in [2.05, 4.69) is 22.4 Å². The fraction of sp³-hybridized carbons (Fsp3) is 0.217. The first-order valence-electron chi connectivity index (χ1n) is 9.60. The Bertz CT molecular complexity index is 1210. The number of carbonyl (C=O) groups is 1. The second-order valence-corrected chi connectivity index (χ2v) is 8.96. The van der Waals surface area contributed by atoms with E-state index < -0.39 is 5.25 Å². The fourth-order valence-electron chi connectivity index (χ4n) is 3.12. The predicted molar refractivity (Wildman–Crippen MR) is 126 cm³/mol. The summed E-state index contributed by atoms with van der Waals surface area (Å²) in [5.74, 6) is -0.123. The molecule has 0 spiro atoms. The van der Waals surface area contributed by atoms with E-state index >= 15 is 0 Å². The van der Waals surface area contributed by atoms with E-state index in [-0.39, 0.29) is 22.9 Å². The Kier molecular flexibility index (Phi) is 6.96. The van der Waals surface area contributed by atoms with Gasteiger partial charge in [-0.15, -0.1) is 0 Å². The minimum absolute atomic E-state index is 0.0509. The molecular formula is C23H21N5OS2. The molecule has 1 amide bonds. The summed E-state index contributed by atoms with van der Waals surface area (Å²) in [6.45, 7) is 5.81. The van der Waals surface area contributed by atoms with Crippen LogP contribution in [0.4, 0.5) is 11.5 Å². The number of thioether (sulfide) groups is 1. The molecule has 0 aliphatic carbocycles. The van der Waals surface area contributed by atoms with E-state index in [1.54, 1.807) is 0 Å². The first-order valence-corrected chi connectivity index (χ1v) is 11.4. The van der Waals surface area contributed by atoms with Gasteiger partial charge in [-0.1, -0.05) is 30.8 Å². The number of nitrogen functional groups attached to an aromatic ring is 1. The number of aryl methyl sites for hydroxylation is 2. The summed E-state index contributed by atoms with van der Waals surface area (Å²) in [5.41, 5.74) is 10.5. The van der Waals surface area contributed by atoms with Crippen molar-refractivity contribution in [2.45, 2.75) is 37.5 Å². The number of hydrogen-bond acceptors (Lipinski definition) is 7. The molecule has 0 fully saturated rings. The average Bonchev–Trinajstić information content (AvgIpc) is 3.28. The molecule has 0 aliphatic heterocycles. The van der Waals surface area contributed by atoms with Crippen molar-refractivity contribution in [2.75, 3.05) is 11.1 Å². The molecule has 0 saturated carbocycles. The van der Waals surface area contributed by atoms with Crippen LogP contribution in [0.1, 0.15) is 35.6 Å². The maximum Gasteiger partial charge on any atom is 0.237 e. The van der Waals surface area contributed by atoms with E-state index in [0.29, 0.717) is 17.0 Å². The van der Waals surface area contributed by atoms with Gasteiger partial charge in [0.15, 0.2) is 0 Å². The van der Waals surface area contributed by atoms with E-state index in [0.717, 1.165) is 22.4 Å². The first-order chi connectivity index (χ1) is 14.9. The van der Waals surface area contributed by atoms with Crippen LogP contribution in [0.5, 0.6) is 0 Å². The quantitative estimate of drug-likeness (QED) is 0.498. The molecule has 2 aromatic heterocycles. The third-order valence-electron chi connectivity index (χ3n) is 4.79. The number of nitrogens with zero attached hydrogens (tertiary/aromatic N) is 3. The lowest BCUT2D eigenvalue weighted by Crippen LogP contribution is -2.25. The van der Waals surface area contributed by atoms with Gasteiger partial charge in [0.2, 0.25) is 5.91 Å². The molecule has 0 saturated heterocycles. The van der Waals surface area contributed by atoms with Crippen LogP contribution >= 0.6 is 23.1 Å². The third-order valence-corrected chi connectivity index (χ3v) is 6.83. The van der Waals surface area contributed by atoms with Crippen LogP contribution in [0, 0.1) is 36.5 Å². The smallest absolute Gasteiger partial charge is 0.237 e. The van der Waals surface area contributed by atoms with Gasteiger partial charge in [-0.25, -0.2) is 4.98 Å². The number of nitrogens with two attached hydrogens (primary N) is 1. The largest absolute Gasteiger partial charge is 0.383 e. The molecule has 8 heteroatoms. The lowest BCUT2D eigenvalue weighted by molar-refractivity contribution is -0.115. The molecule has 3 aromatic rings. The molecule has 1 atom stereocenters. The van der Waals surface area contributed by atoms with Gasteiger partial charge in [0.05, 0.1) is 10.8 Å². The zero-order chi connectivity index (χ0) is 22.5. The number of nitrogens with one attached hydrogen (secondary N) is 1. The van der Waals surface area contributed by atoms with Gasteiger partial charge < -0.3 is 11.1 Å². The summed E-state index contributed by atoms with van der Waals surface area (Å²) in [6.07, 6.45) is 0.529. The van der Waals surface area contributed by atoms with Crippen LogP contribution in [0.15, 0.2) is 40.1 Å². The van der Waals surface area contributed by atoms with Crippen molar-refractivity contribution in [1.29, 1.82) is 10.5 Å². The Morgan fingerprint density at radius 1 is 1.26 bits per heavy atom. The maximum atomic E-state index is 13.0. The Balaban J connectivity index is 1.99. The molecule has 3 N–H and O–H groups in total. The Morgan fingerprint density at radius 2 is 2.00 bits per heavy atom. The van der Waals surface area contributed by atoms with Crippen molar-refractivity contribution in [2.24, 2.45) is 0 Å². The van der Waals surface area contributed by atoms with Crippen molar-refractivity contribution in [3.8, 4) is 23.3 Å². The lowest BCUT2D eigenvalue weighted by Gasteiger charge is -2.18. The van der Waals surface area contributed by atoms with Crippen molar-refractivity contribution < 1.29 is 4.79 Å². The van der Waals surface area contributed by atoms with Crippen molar-refractivity contribution >= 4 is 40.5 Å². The second-order valence-electron chi connectivity index (χ2n) is 6.99. The summed E-state index contributed by atoms with van der Waals surface area (Å²) in [5, 5.41) is 26.1. The molecule has 2 heterocycles. The average molecular weight is 448 g/mol. The van der Waals surface area contributed by atoms with Crippen LogP contribution in [0.2, 0.25) is 0 Å². The molecule has 0 bridgehead atoms. The Morgan fingerprint density at radius 3 is 2.61 bits per heavy atom. The molecule has 3 rings (SSSR count). The standard InChI is InChI=1S/C23H21N5OS2/c1-4-19(22(29)27-18-9-13(2)5-6-14(18)3)31-23-17(11-25)20(15-7-8-30-12-15)16(10-24)21(26)28-23/h5-9,12,19H,4H2,1-3H3,(H2,26,28)(H,27,29). The summed E-state index contributed by atoms with van der Waals surface area (Å²) in [4.78, 5) is 17.3. The number of nitriles is 2. The van der Waals surface area contributed by atoms with Gasteiger partial charge in [-0.05, 0) is 59.9 Å². The molecule has 0 radical (unpaired) electrons. The highest BCUT2D eigenvalue weighted by atomic mass is 32.2. The number of thiophene rings is 1. The highest BCUT2D eigenvalue weighted by Gasteiger charge is 2.25. The number of benzene rings is 1. The number of rotatable bonds is 6. The Hall–Kier alpha value is -3.33. The number of anilines is 2. The van der Waals surface area contributed by atoms with Crippen molar-refractivity contribution in [3.63, 3.8) is 0 Å². The Labute approximate surface area is 189 Å². The monoisotopic (exact) mass is 447 g/mol. The van der Waals surface area contributed by atoms with E-state index in [9.17, 15) is 15.3 Å².